The zero-order chi connectivity index (χ0) is 30.3. The SMILES string of the molecule is CC(C)n1cnc2cc(-c3ccc4c(c3)N(C3CC(N5CCCCC5)C3)C(=O)C43CCNCC3)nc(NC3CC4(COC4)C3)c21. The minimum atomic E-state index is -0.402. The molecule has 3 saturated heterocycles. The highest BCUT2D eigenvalue weighted by Gasteiger charge is 2.55. The van der Waals surface area contributed by atoms with Gasteiger partial charge in [-0.05, 0) is 109 Å². The van der Waals surface area contributed by atoms with E-state index < -0.39 is 5.41 Å². The van der Waals surface area contributed by atoms with Gasteiger partial charge in [-0.15, -0.1) is 0 Å². The third kappa shape index (κ3) is 4.40. The van der Waals surface area contributed by atoms with Crippen molar-refractivity contribution < 1.29 is 9.53 Å². The maximum absolute atomic E-state index is 14.5. The Morgan fingerprint density at radius 3 is 2.51 bits per heavy atom. The molecule has 2 spiro atoms. The molecular weight excluding hydrogens is 562 g/mol. The van der Waals surface area contributed by atoms with E-state index in [0.29, 0.717) is 23.4 Å². The Hall–Kier alpha value is -3.01. The second-order valence-corrected chi connectivity index (χ2v) is 15.3. The largest absolute Gasteiger partial charge is 0.380 e. The molecule has 4 aliphatic heterocycles. The minimum absolute atomic E-state index is 0.281. The third-order valence-corrected chi connectivity index (χ3v) is 12.1. The van der Waals surface area contributed by atoms with Crippen molar-refractivity contribution in [3.8, 4) is 11.3 Å². The molecule has 2 aliphatic carbocycles. The highest BCUT2D eigenvalue weighted by atomic mass is 16.5. The highest BCUT2D eigenvalue weighted by molar-refractivity contribution is 6.09. The van der Waals surface area contributed by atoms with Crippen molar-refractivity contribution in [3.05, 3.63) is 36.2 Å². The van der Waals surface area contributed by atoms with E-state index in [2.05, 4.69) is 63.1 Å². The van der Waals surface area contributed by atoms with Gasteiger partial charge in [-0.25, -0.2) is 9.97 Å². The first-order valence-corrected chi connectivity index (χ1v) is 17.6. The van der Waals surface area contributed by atoms with Gasteiger partial charge in [-0.1, -0.05) is 18.6 Å². The Morgan fingerprint density at radius 1 is 1.02 bits per heavy atom. The molecule has 5 fully saturated rings. The van der Waals surface area contributed by atoms with Gasteiger partial charge in [0.1, 0.15) is 5.52 Å². The van der Waals surface area contributed by atoms with Crippen LogP contribution in [-0.4, -0.2) is 82.9 Å². The molecule has 9 nitrogen and oxygen atoms in total. The van der Waals surface area contributed by atoms with Gasteiger partial charge >= 0.3 is 0 Å². The minimum Gasteiger partial charge on any atom is -0.380 e. The Kier molecular flexibility index (Phi) is 6.59. The molecule has 2 saturated carbocycles. The lowest BCUT2D eigenvalue weighted by Crippen LogP contribution is -2.58. The fourth-order valence-corrected chi connectivity index (χ4v) is 9.41. The molecule has 0 radical (unpaired) electrons. The summed E-state index contributed by atoms with van der Waals surface area (Å²) in [5.41, 5.74) is 6.34. The number of pyridine rings is 1. The summed E-state index contributed by atoms with van der Waals surface area (Å²) in [6.45, 7) is 10.4. The molecule has 6 heterocycles. The Morgan fingerprint density at radius 2 is 1.80 bits per heavy atom. The van der Waals surface area contributed by atoms with E-state index in [4.69, 9.17) is 14.7 Å². The number of likely N-dealkylation sites (tertiary alicyclic amines) is 1. The summed E-state index contributed by atoms with van der Waals surface area (Å²) in [5, 5.41) is 7.33. The van der Waals surface area contributed by atoms with E-state index in [9.17, 15) is 4.79 Å². The predicted molar refractivity (Wildman–Crippen MR) is 177 cm³/mol. The van der Waals surface area contributed by atoms with Crippen LogP contribution in [0.15, 0.2) is 30.6 Å². The van der Waals surface area contributed by atoms with Crippen molar-refractivity contribution in [1.82, 2.24) is 24.8 Å². The van der Waals surface area contributed by atoms with Crippen LogP contribution in [-0.2, 0) is 14.9 Å². The summed E-state index contributed by atoms with van der Waals surface area (Å²) < 4.78 is 7.76. The van der Waals surface area contributed by atoms with Gasteiger partial charge in [-0.2, -0.15) is 0 Å². The zero-order valence-corrected chi connectivity index (χ0v) is 26.9. The van der Waals surface area contributed by atoms with E-state index >= 15 is 0 Å². The summed E-state index contributed by atoms with van der Waals surface area (Å²) in [7, 11) is 0. The molecule has 2 N–H and O–H groups in total. The molecule has 0 unspecified atom stereocenters. The monoisotopic (exact) mass is 609 g/mol. The van der Waals surface area contributed by atoms with Gasteiger partial charge < -0.3 is 29.7 Å². The number of anilines is 2. The molecule has 0 bridgehead atoms. The van der Waals surface area contributed by atoms with Crippen LogP contribution >= 0.6 is 0 Å². The molecule has 9 rings (SSSR count). The number of carbonyl (C=O) groups excluding carboxylic acids is 1. The van der Waals surface area contributed by atoms with Gasteiger partial charge in [0, 0.05) is 40.8 Å². The summed E-state index contributed by atoms with van der Waals surface area (Å²) in [6, 6.07) is 10.5. The standard InChI is InChI=1S/C36H47N7O2/c1-23(2)42-22-38-30-17-29(40-33(32(30)42)39-25-18-35(19-25)20-45-21-35)24-6-7-28-31(14-24)43(34(44)36(28)8-10-37-11-9-36)27-15-26(16-27)41-12-4-3-5-13-41/h6-7,14,17,22-23,25-27,37H,3-5,8-13,15-16,18-21H2,1-2H3,(H,39,40). The summed E-state index contributed by atoms with van der Waals surface area (Å²) in [6.07, 6.45) is 12.1. The van der Waals surface area contributed by atoms with Crippen molar-refractivity contribution in [2.45, 2.75) is 101 Å². The van der Waals surface area contributed by atoms with Gasteiger partial charge in [0.05, 0.1) is 36.2 Å². The fraction of sp³-hybridized carbons (Fsp3) is 0.639. The second kappa shape index (κ2) is 10.5. The van der Waals surface area contributed by atoms with Crippen LogP contribution in [0.3, 0.4) is 0 Å². The molecule has 45 heavy (non-hydrogen) atoms. The highest BCUT2D eigenvalue weighted by Crippen LogP contribution is 2.52. The number of rotatable bonds is 6. The molecule has 2 aromatic heterocycles. The Labute approximate surface area is 266 Å². The second-order valence-electron chi connectivity index (χ2n) is 15.3. The number of piperidine rings is 2. The molecule has 0 atom stereocenters. The first-order chi connectivity index (χ1) is 21.9. The van der Waals surface area contributed by atoms with Crippen LogP contribution in [0.5, 0.6) is 0 Å². The lowest BCUT2D eigenvalue weighted by Gasteiger charge is -2.53. The number of nitrogens with zero attached hydrogens (tertiary/aromatic N) is 5. The summed E-state index contributed by atoms with van der Waals surface area (Å²) in [5.74, 6) is 1.25. The molecule has 1 amide bonds. The first kappa shape index (κ1) is 28.2. The lowest BCUT2D eigenvalue weighted by atomic mass is 9.64. The number of amides is 1. The zero-order valence-electron chi connectivity index (χ0n) is 26.9. The van der Waals surface area contributed by atoms with Gasteiger partial charge in [-0.3, -0.25) is 4.79 Å². The van der Waals surface area contributed by atoms with Crippen molar-refractivity contribution in [3.63, 3.8) is 0 Å². The van der Waals surface area contributed by atoms with E-state index in [-0.39, 0.29) is 12.1 Å². The first-order valence-electron chi connectivity index (χ1n) is 17.6. The molecular formula is C36H47N7O2. The number of nitrogens with one attached hydrogen (secondary N) is 2. The average molecular weight is 610 g/mol. The molecule has 3 aromatic rings. The van der Waals surface area contributed by atoms with Crippen molar-refractivity contribution in [1.29, 1.82) is 0 Å². The molecule has 6 aliphatic rings. The maximum atomic E-state index is 14.5. The topological polar surface area (TPSA) is 87.6 Å². The number of ether oxygens (including phenoxy) is 1. The van der Waals surface area contributed by atoms with Crippen LogP contribution < -0.4 is 15.5 Å². The Bertz CT molecular complexity index is 1620. The van der Waals surface area contributed by atoms with Crippen LogP contribution in [0, 0.1) is 5.41 Å². The third-order valence-electron chi connectivity index (χ3n) is 12.1. The number of hydrogen-bond acceptors (Lipinski definition) is 7. The number of benzene rings is 1. The number of fused-ring (bicyclic) bond motifs is 3. The molecule has 238 valence electrons. The van der Waals surface area contributed by atoms with E-state index in [1.54, 1.807) is 0 Å². The predicted octanol–water partition coefficient (Wildman–Crippen LogP) is 5.25. The van der Waals surface area contributed by atoms with Crippen LogP contribution in [0.4, 0.5) is 11.5 Å². The van der Waals surface area contributed by atoms with Gasteiger partial charge in [0.15, 0.2) is 5.82 Å². The Balaban J connectivity index is 1.07. The van der Waals surface area contributed by atoms with Crippen molar-refractivity contribution in [2.75, 3.05) is 49.6 Å². The van der Waals surface area contributed by atoms with E-state index in [0.717, 1.165) is 98.6 Å². The van der Waals surface area contributed by atoms with Crippen molar-refractivity contribution in [2.24, 2.45) is 5.41 Å². The van der Waals surface area contributed by atoms with E-state index in [1.165, 1.54) is 37.9 Å². The number of carbonyl (C=O) groups is 1. The molecule has 9 heteroatoms. The van der Waals surface area contributed by atoms with Crippen molar-refractivity contribution >= 4 is 28.4 Å². The van der Waals surface area contributed by atoms with Gasteiger partial charge in [0.2, 0.25) is 5.91 Å². The summed E-state index contributed by atoms with van der Waals surface area (Å²) in [4.78, 5) is 29.5. The molecule has 1 aromatic carbocycles. The summed E-state index contributed by atoms with van der Waals surface area (Å²) >= 11 is 0. The number of hydrogen-bond donors (Lipinski definition) is 2. The van der Waals surface area contributed by atoms with Gasteiger partial charge in [0.25, 0.3) is 0 Å². The normalized spacial score (nSPS) is 27.5. The average Bonchev–Trinajstić information content (AvgIpc) is 3.52. The quantitative estimate of drug-likeness (QED) is 0.395. The van der Waals surface area contributed by atoms with Crippen LogP contribution in [0.25, 0.3) is 22.3 Å². The van der Waals surface area contributed by atoms with E-state index in [1.807, 2.05) is 6.33 Å². The van der Waals surface area contributed by atoms with Crippen LogP contribution in [0.1, 0.15) is 83.2 Å². The fourth-order valence-electron chi connectivity index (χ4n) is 9.41. The lowest BCUT2D eigenvalue weighted by molar-refractivity contribution is -0.159. The smallest absolute Gasteiger partial charge is 0.238 e. The maximum Gasteiger partial charge on any atom is 0.238 e. The van der Waals surface area contributed by atoms with Crippen LogP contribution in [0.2, 0.25) is 0 Å². The number of aromatic nitrogens is 3. The number of imidazole rings is 1.